The Morgan fingerprint density at radius 3 is 1.95 bits per heavy atom. The standard InChI is InChI=1S/C32H23N5/c1-3-9-23(10-4-1)31-34-35-32(24-19-21-33-22-20-24)37(31)26-17-15-25(16-18-26)36-29-13-6-2-5-11-27(29)28-12-7-8-14-30(28)36/h1,3-22H,2H2. The summed E-state index contributed by atoms with van der Waals surface area (Å²) >= 11 is 0. The van der Waals surface area contributed by atoms with Gasteiger partial charge in [0.05, 0.1) is 11.2 Å². The molecule has 3 aromatic heterocycles. The number of nitrogens with zero attached hydrogens (tertiary/aromatic N) is 5. The highest BCUT2D eigenvalue weighted by Crippen LogP contribution is 2.34. The summed E-state index contributed by atoms with van der Waals surface area (Å²) in [6.45, 7) is 0. The topological polar surface area (TPSA) is 48.5 Å². The molecule has 0 radical (unpaired) electrons. The summed E-state index contributed by atoms with van der Waals surface area (Å²) < 4.78 is 4.46. The number of hydrogen-bond acceptors (Lipinski definition) is 3. The predicted octanol–water partition coefficient (Wildman–Crippen LogP) is 7.37. The highest BCUT2D eigenvalue weighted by atomic mass is 15.3. The van der Waals surface area contributed by atoms with Gasteiger partial charge < -0.3 is 4.57 Å². The fourth-order valence-electron chi connectivity index (χ4n) is 5.09. The van der Waals surface area contributed by atoms with Gasteiger partial charge in [0.1, 0.15) is 0 Å². The molecule has 3 aromatic carbocycles. The van der Waals surface area contributed by atoms with E-state index in [0.29, 0.717) is 0 Å². The number of para-hydroxylation sites is 1. The molecule has 1 aliphatic rings. The number of rotatable bonds is 4. The van der Waals surface area contributed by atoms with Crippen LogP contribution in [0.3, 0.4) is 0 Å². The molecule has 6 aromatic rings. The van der Waals surface area contributed by atoms with Gasteiger partial charge in [0.2, 0.25) is 0 Å². The van der Waals surface area contributed by atoms with Crippen molar-refractivity contribution >= 4 is 23.1 Å². The van der Waals surface area contributed by atoms with Crippen LogP contribution in [0, 0.1) is 0 Å². The van der Waals surface area contributed by atoms with E-state index in [1.54, 1.807) is 12.4 Å². The summed E-state index contributed by atoms with van der Waals surface area (Å²) in [5.41, 5.74) is 7.75. The van der Waals surface area contributed by atoms with Crippen LogP contribution >= 0.6 is 0 Å². The molecular formula is C32H23N5. The lowest BCUT2D eigenvalue weighted by atomic mass is 10.1. The van der Waals surface area contributed by atoms with E-state index < -0.39 is 0 Å². The maximum atomic E-state index is 4.59. The van der Waals surface area contributed by atoms with Crippen molar-refractivity contribution in [2.75, 3.05) is 0 Å². The van der Waals surface area contributed by atoms with Crippen molar-refractivity contribution in [2.45, 2.75) is 6.42 Å². The Balaban J connectivity index is 1.40. The van der Waals surface area contributed by atoms with E-state index in [9.17, 15) is 0 Å². The molecule has 5 nitrogen and oxygen atoms in total. The van der Waals surface area contributed by atoms with Crippen LogP contribution in [0.25, 0.3) is 57.2 Å². The molecule has 0 atom stereocenters. The lowest BCUT2D eigenvalue weighted by Crippen LogP contribution is -2.02. The molecule has 0 N–H and O–H groups in total. The van der Waals surface area contributed by atoms with Crippen molar-refractivity contribution in [1.29, 1.82) is 0 Å². The van der Waals surface area contributed by atoms with E-state index in [1.807, 2.05) is 30.3 Å². The largest absolute Gasteiger partial charge is 0.309 e. The minimum atomic E-state index is 0.780. The zero-order valence-electron chi connectivity index (χ0n) is 20.1. The Hall–Kier alpha value is -5.03. The fraction of sp³-hybridized carbons (Fsp3) is 0.0312. The van der Waals surface area contributed by atoms with Crippen LogP contribution in [-0.4, -0.2) is 24.3 Å². The van der Waals surface area contributed by atoms with Gasteiger partial charge in [-0.25, -0.2) is 0 Å². The molecule has 5 heteroatoms. The molecule has 3 heterocycles. The quantitative estimate of drug-likeness (QED) is 0.266. The Morgan fingerprint density at radius 2 is 1.19 bits per heavy atom. The molecular weight excluding hydrogens is 454 g/mol. The first-order valence-corrected chi connectivity index (χ1v) is 12.4. The van der Waals surface area contributed by atoms with E-state index in [4.69, 9.17) is 0 Å². The number of pyridine rings is 1. The average Bonchev–Trinajstić information content (AvgIpc) is 3.45. The van der Waals surface area contributed by atoms with Crippen LogP contribution in [0.5, 0.6) is 0 Å². The first-order valence-electron chi connectivity index (χ1n) is 12.4. The first kappa shape index (κ1) is 21.3. The molecule has 1 aliphatic carbocycles. The zero-order valence-corrected chi connectivity index (χ0v) is 20.1. The van der Waals surface area contributed by atoms with Crippen LogP contribution < -0.4 is 0 Å². The highest BCUT2D eigenvalue weighted by molar-refractivity contribution is 5.95. The highest BCUT2D eigenvalue weighted by Gasteiger charge is 2.19. The van der Waals surface area contributed by atoms with Crippen molar-refractivity contribution in [1.82, 2.24) is 24.3 Å². The Labute approximate surface area is 214 Å². The maximum absolute atomic E-state index is 4.59. The Bertz CT molecular complexity index is 1720. The Kier molecular flexibility index (Phi) is 5.10. The smallest absolute Gasteiger partial charge is 0.168 e. The summed E-state index contributed by atoms with van der Waals surface area (Å²) in [4.78, 5) is 4.17. The molecule has 0 aliphatic heterocycles. The van der Waals surface area contributed by atoms with E-state index in [0.717, 1.165) is 40.6 Å². The second-order valence-corrected chi connectivity index (χ2v) is 8.99. The molecule has 0 saturated carbocycles. The monoisotopic (exact) mass is 477 g/mol. The molecule has 0 spiro atoms. The van der Waals surface area contributed by atoms with E-state index >= 15 is 0 Å². The number of hydrogen-bond donors (Lipinski definition) is 0. The third kappa shape index (κ3) is 3.60. The number of fused-ring (bicyclic) bond motifs is 3. The van der Waals surface area contributed by atoms with E-state index in [-0.39, 0.29) is 0 Å². The molecule has 7 rings (SSSR count). The normalized spacial score (nSPS) is 12.5. The van der Waals surface area contributed by atoms with Gasteiger partial charge in [0.15, 0.2) is 11.6 Å². The van der Waals surface area contributed by atoms with E-state index in [2.05, 4.69) is 109 Å². The second-order valence-electron chi connectivity index (χ2n) is 8.99. The van der Waals surface area contributed by atoms with Crippen LogP contribution in [-0.2, 0) is 0 Å². The van der Waals surface area contributed by atoms with Gasteiger partial charge in [0.25, 0.3) is 0 Å². The minimum Gasteiger partial charge on any atom is -0.309 e. The number of allylic oxidation sites excluding steroid dienone is 2. The van der Waals surface area contributed by atoms with Crippen molar-refractivity contribution in [3.63, 3.8) is 0 Å². The van der Waals surface area contributed by atoms with Crippen molar-refractivity contribution in [3.8, 4) is 34.2 Å². The van der Waals surface area contributed by atoms with E-state index in [1.165, 1.54) is 22.2 Å². The van der Waals surface area contributed by atoms with Gasteiger partial charge in [-0.15, -0.1) is 10.2 Å². The molecule has 0 fully saturated rings. The van der Waals surface area contributed by atoms with Gasteiger partial charge >= 0.3 is 0 Å². The van der Waals surface area contributed by atoms with Crippen molar-refractivity contribution in [3.05, 3.63) is 127 Å². The summed E-state index contributed by atoms with van der Waals surface area (Å²) in [5.74, 6) is 1.58. The summed E-state index contributed by atoms with van der Waals surface area (Å²) in [5, 5.41) is 10.4. The van der Waals surface area contributed by atoms with Gasteiger partial charge in [-0.3, -0.25) is 9.55 Å². The molecule has 0 unspecified atom stereocenters. The predicted molar refractivity (Wildman–Crippen MR) is 150 cm³/mol. The van der Waals surface area contributed by atoms with Crippen LogP contribution in [0.4, 0.5) is 0 Å². The average molecular weight is 478 g/mol. The van der Waals surface area contributed by atoms with Crippen molar-refractivity contribution in [2.24, 2.45) is 0 Å². The lowest BCUT2D eigenvalue weighted by molar-refractivity contribution is 1.06. The molecule has 176 valence electrons. The summed E-state index contributed by atoms with van der Waals surface area (Å²) in [6, 6.07) is 31.3. The molecule has 0 bridgehead atoms. The molecule has 0 amide bonds. The number of aromatic nitrogens is 5. The maximum Gasteiger partial charge on any atom is 0.168 e. The second kappa shape index (κ2) is 8.88. The van der Waals surface area contributed by atoms with Crippen LogP contribution in [0.2, 0.25) is 0 Å². The Morgan fingerprint density at radius 1 is 0.568 bits per heavy atom. The van der Waals surface area contributed by atoms with Gasteiger partial charge in [-0.2, -0.15) is 0 Å². The minimum absolute atomic E-state index is 0.780. The van der Waals surface area contributed by atoms with Gasteiger partial charge in [0, 0.05) is 45.8 Å². The summed E-state index contributed by atoms with van der Waals surface area (Å²) in [7, 11) is 0. The first-order chi connectivity index (χ1) is 18.4. The molecule has 37 heavy (non-hydrogen) atoms. The third-order valence-corrected chi connectivity index (χ3v) is 6.78. The van der Waals surface area contributed by atoms with Crippen LogP contribution in [0.15, 0.2) is 116 Å². The van der Waals surface area contributed by atoms with Crippen LogP contribution in [0.1, 0.15) is 17.7 Å². The van der Waals surface area contributed by atoms with Gasteiger partial charge in [-0.1, -0.05) is 66.8 Å². The number of benzene rings is 3. The zero-order chi connectivity index (χ0) is 24.6. The fourth-order valence-corrected chi connectivity index (χ4v) is 5.09. The molecule has 0 saturated heterocycles. The van der Waals surface area contributed by atoms with Gasteiger partial charge in [-0.05, 0) is 55.0 Å². The van der Waals surface area contributed by atoms with Crippen molar-refractivity contribution < 1.29 is 0 Å². The third-order valence-electron chi connectivity index (χ3n) is 6.78. The lowest BCUT2D eigenvalue weighted by Gasteiger charge is -2.13. The SMILES string of the molecule is C1=Cc2c(n(-c3ccc(-n4c(-c5ccccc5)nnc4-c4ccncc4)cc3)c3ccccc23)C=CC1. The summed E-state index contributed by atoms with van der Waals surface area (Å²) in [6.07, 6.45) is 13.4.